The maximum atomic E-state index is 13.7. The van der Waals surface area contributed by atoms with Crippen molar-refractivity contribution in [2.24, 2.45) is 5.84 Å². The van der Waals surface area contributed by atoms with Crippen LogP contribution in [0.15, 0.2) is 18.2 Å². The fourth-order valence-electron chi connectivity index (χ4n) is 1.54. The molecule has 3 N–H and O–H groups in total. The van der Waals surface area contributed by atoms with Crippen LogP contribution in [-0.4, -0.2) is 11.0 Å². The number of benzene rings is 1. The Labute approximate surface area is 107 Å². The lowest BCUT2D eigenvalue weighted by Crippen LogP contribution is -2.30. The molecule has 0 aliphatic rings. The second-order valence-electron chi connectivity index (χ2n) is 4.30. The number of hydrogen-bond donors (Lipinski definition) is 2. The van der Waals surface area contributed by atoms with Crippen molar-refractivity contribution in [1.82, 2.24) is 5.43 Å². The molecule has 0 bridgehead atoms. The van der Waals surface area contributed by atoms with Crippen molar-refractivity contribution in [3.8, 4) is 0 Å². The van der Waals surface area contributed by atoms with E-state index in [0.717, 1.165) is 17.7 Å². The molecule has 0 spiro atoms. The summed E-state index contributed by atoms with van der Waals surface area (Å²) in [5.74, 6) is 6.11. The Hall–Kier alpha value is -0.580. The summed E-state index contributed by atoms with van der Waals surface area (Å²) >= 11 is 1.81. The van der Waals surface area contributed by atoms with Gasteiger partial charge < -0.3 is 0 Å². The molecule has 0 saturated carbocycles. The lowest BCUT2D eigenvalue weighted by Gasteiger charge is -2.19. The van der Waals surface area contributed by atoms with Crippen LogP contribution in [0.2, 0.25) is 0 Å². The molecule has 0 aliphatic carbocycles. The van der Waals surface area contributed by atoms with Gasteiger partial charge in [0.05, 0.1) is 6.04 Å². The molecule has 96 valence electrons. The van der Waals surface area contributed by atoms with Crippen LogP contribution in [0.4, 0.5) is 4.39 Å². The molecule has 2 unspecified atom stereocenters. The van der Waals surface area contributed by atoms with Crippen molar-refractivity contribution in [1.29, 1.82) is 0 Å². The van der Waals surface area contributed by atoms with E-state index in [1.165, 1.54) is 6.07 Å². The van der Waals surface area contributed by atoms with Gasteiger partial charge in [-0.3, -0.25) is 11.3 Å². The van der Waals surface area contributed by atoms with Gasteiger partial charge in [0.1, 0.15) is 5.82 Å². The van der Waals surface area contributed by atoms with E-state index in [1.54, 1.807) is 6.07 Å². The Balaban J connectivity index is 2.75. The van der Waals surface area contributed by atoms with Crippen molar-refractivity contribution in [2.45, 2.75) is 38.5 Å². The summed E-state index contributed by atoms with van der Waals surface area (Å²) in [5, 5.41) is 0.568. The van der Waals surface area contributed by atoms with E-state index in [0.29, 0.717) is 10.8 Å². The molecule has 0 radical (unpaired) electrons. The molecular weight excluding hydrogens is 235 g/mol. The molecule has 17 heavy (non-hydrogen) atoms. The van der Waals surface area contributed by atoms with Crippen molar-refractivity contribution >= 4 is 11.8 Å². The molecule has 0 saturated heterocycles. The molecule has 0 fully saturated rings. The average molecular weight is 256 g/mol. The average Bonchev–Trinajstić information content (AvgIpc) is 2.33. The molecule has 2 nitrogen and oxygen atoms in total. The fourth-order valence-corrected chi connectivity index (χ4v) is 2.57. The molecule has 1 aromatic carbocycles. The van der Waals surface area contributed by atoms with Crippen LogP contribution in [0.5, 0.6) is 0 Å². The number of aryl methyl sites for hydroxylation is 1. The van der Waals surface area contributed by atoms with Crippen LogP contribution in [0.3, 0.4) is 0 Å². The van der Waals surface area contributed by atoms with Gasteiger partial charge in [-0.15, -0.1) is 0 Å². The summed E-state index contributed by atoms with van der Waals surface area (Å²) in [6, 6.07) is 5.00. The number of rotatable bonds is 6. The quantitative estimate of drug-likeness (QED) is 0.606. The molecule has 1 rings (SSSR count). The van der Waals surface area contributed by atoms with Gasteiger partial charge in [-0.2, -0.15) is 11.8 Å². The summed E-state index contributed by atoms with van der Waals surface area (Å²) in [4.78, 5) is 0. The highest BCUT2D eigenvalue weighted by Gasteiger charge is 2.15. The Kier molecular flexibility index (Phi) is 5.95. The van der Waals surface area contributed by atoms with Crippen molar-refractivity contribution < 1.29 is 4.39 Å². The first-order valence-electron chi connectivity index (χ1n) is 5.92. The summed E-state index contributed by atoms with van der Waals surface area (Å²) < 4.78 is 13.7. The third-order valence-electron chi connectivity index (χ3n) is 2.85. The number of nitrogens with two attached hydrogens (primary N) is 1. The first-order chi connectivity index (χ1) is 8.08. The highest BCUT2D eigenvalue weighted by atomic mass is 32.2. The predicted octanol–water partition coefficient (Wildman–Crippen LogP) is 3.17. The second kappa shape index (κ2) is 6.99. The highest BCUT2D eigenvalue weighted by molar-refractivity contribution is 7.99. The zero-order valence-electron chi connectivity index (χ0n) is 10.7. The molecule has 0 heterocycles. The first kappa shape index (κ1) is 14.5. The van der Waals surface area contributed by atoms with Crippen LogP contribution in [0, 0.1) is 12.7 Å². The molecule has 0 amide bonds. The lowest BCUT2D eigenvalue weighted by atomic mass is 10.1. The molecule has 0 aliphatic heterocycles. The summed E-state index contributed by atoms with van der Waals surface area (Å²) in [5.41, 5.74) is 4.41. The van der Waals surface area contributed by atoms with E-state index >= 15 is 0 Å². The summed E-state index contributed by atoms with van der Waals surface area (Å²) in [6.07, 6.45) is 1.11. The van der Waals surface area contributed by atoms with E-state index in [2.05, 4.69) is 19.3 Å². The van der Waals surface area contributed by atoms with Crippen LogP contribution in [-0.2, 0) is 0 Å². The van der Waals surface area contributed by atoms with E-state index in [-0.39, 0.29) is 11.9 Å². The minimum atomic E-state index is -0.191. The van der Waals surface area contributed by atoms with Crippen LogP contribution < -0.4 is 11.3 Å². The normalized spacial score (nSPS) is 14.6. The van der Waals surface area contributed by atoms with Gasteiger partial charge >= 0.3 is 0 Å². The third kappa shape index (κ3) is 4.30. The van der Waals surface area contributed by atoms with Gasteiger partial charge in [0, 0.05) is 16.6 Å². The smallest absolute Gasteiger partial charge is 0.128 e. The lowest BCUT2D eigenvalue weighted by molar-refractivity contribution is 0.545. The standard InChI is InChI=1S/C13H21FN2S/c1-4-10(3)17-8-13(16-15)11-7-9(2)5-6-12(11)14/h5-7,10,13,16H,4,8,15H2,1-3H3. The number of hydrazine groups is 1. The molecule has 2 atom stereocenters. The SMILES string of the molecule is CCC(C)SCC(NN)c1cc(C)ccc1F. The molecule has 4 heteroatoms. The van der Waals surface area contributed by atoms with Crippen molar-refractivity contribution in [3.63, 3.8) is 0 Å². The van der Waals surface area contributed by atoms with E-state index in [1.807, 2.05) is 24.8 Å². The molecule has 0 aromatic heterocycles. The monoisotopic (exact) mass is 256 g/mol. The fraction of sp³-hybridized carbons (Fsp3) is 0.538. The predicted molar refractivity (Wildman–Crippen MR) is 73.4 cm³/mol. The van der Waals surface area contributed by atoms with Crippen molar-refractivity contribution in [3.05, 3.63) is 35.1 Å². The highest BCUT2D eigenvalue weighted by Crippen LogP contribution is 2.24. The zero-order chi connectivity index (χ0) is 12.8. The van der Waals surface area contributed by atoms with Gasteiger partial charge in [0.25, 0.3) is 0 Å². The molecule has 1 aromatic rings. The molecular formula is C13H21FN2S. The number of thioether (sulfide) groups is 1. The topological polar surface area (TPSA) is 38.0 Å². The van der Waals surface area contributed by atoms with Gasteiger partial charge in [-0.05, 0) is 19.4 Å². The van der Waals surface area contributed by atoms with Crippen LogP contribution >= 0.6 is 11.8 Å². The number of hydrogen-bond acceptors (Lipinski definition) is 3. The van der Waals surface area contributed by atoms with E-state index in [9.17, 15) is 4.39 Å². The minimum Gasteiger partial charge on any atom is -0.271 e. The van der Waals surface area contributed by atoms with Gasteiger partial charge in [0.2, 0.25) is 0 Å². The Morgan fingerprint density at radius 2 is 2.18 bits per heavy atom. The largest absolute Gasteiger partial charge is 0.271 e. The van der Waals surface area contributed by atoms with Gasteiger partial charge in [-0.25, -0.2) is 4.39 Å². The second-order valence-corrected chi connectivity index (χ2v) is 5.77. The van der Waals surface area contributed by atoms with Crippen LogP contribution in [0.25, 0.3) is 0 Å². The third-order valence-corrected chi connectivity index (χ3v) is 4.28. The Morgan fingerprint density at radius 3 is 2.76 bits per heavy atom. The zero-order valence-corrected chi connectivity index (χ0v) is 11.5. The van der Waals surface area contributed by atoms with Crippen LogP contribution in [0.1, 0.15) is 37.4 Å². The maximum Gasteiger partial charge on any atom is 0.128 e. The number of halogens is 1. The Morgan fingerprint density at radius 1 is 1.47 bits per heavy atom. The van der Waals surface area contributed by atoms with Crippen molar-refractivity contribution in [2.75, 3.05) is 5.75 Å². The van der Waals surface area contributed by atoms with E-state index in [4.69, 9.17) is 5.84 Å². The maximum absolute atomic E-state index is 13.7. The summed E-state index contributed by atoms with van der Waals surface area (Å²) in [6.45, 7) is 6.28. The minimum absolute atomic E-state index is 0.131. The summed E-state index contributed by atoms with van der Waals surface area (Å²) in [7, 11) is 0. The first-order valence-corrected chi connectivity index (χ1v) is 6.97. The van der Waals surface area contributed by atoms with E-state index < -0.39 is 0 Å². The van der Waals surface area contributed by atoms with Gasteiger partial charge in [0.15, 0.2) is 0 Å². The Bertz CT molecular complexity index is 357. The van der Waals surface area contributed by atoms with Gasteiger partial charge in [-0.1, -0.05) is 31.5 Å². The number of nitrogens with one attached hydrogen (secondary N) is 1.